The van der Waals surface area contributed by atoms with E-state index in [2.05, 4.69) is 35.8 Å². The molecule has 0 radical (unpaired) electrons. The van der Waals surface area contributed by atoms with Crippen molar-refractivity contribution in [1.29, 1.82) is 5.26 Å². The Bertz CT molecular complexity index is 486. The van der Waals surface area contributed by atoms with Gasteiger partial charge in [0.1, 0.15) is 5.82 Å². The highest BCUT2D eigenvalue weighted by atomic mass is 79.9. The van der Waals surface area contributed by atoms with E-state index >= 15 is 0 Å². The molecule has 0 saturated heterocycles. The highest BCUT2D eigenvalue weighted by molar-refractivity contribution is 9.10. The van der Waals surface area contributed by atoms with E-state index in [0.717, 1.165) is 35.7 Å². The van der Waals surface area contributed by atoms with Crippen LogP contribution >= 0.6 is 15.9 Å². The topological polar surface area (TPSA) is 23.8 Å². The number of hydrogen-bond acceptors (Lipinski definition) is 1. The molecule has 0 amide bonds. The van der Waals surface area contributed by atoms with Gasteiger partial charge in [-0.3, -0.25) is 0 Å². The van der Waals surface area contributed by atoms with Crippen molar-refractivity contribution in [2.75, 3.05) is 0 Å². The summed E-state index contributed by atoms with van der Waals surface area (Å²) in [6, 6.07) is 7.42. The Labute approximate surface area is 123 Å². The number of halogens is 2. The van der Waals surface area contributed by atoms with Gasteiger partial charge in [-0.05, 0) is 61.3 Å². The van der Waals surface area contributed by atoms with Crippen molar-refractivity contribution < 1.29 is 4.39 Å². The predicted molar refractivity (Wildman–Crippen MR) is 78.1 cm³/mol. The van der Waals surface area contributed by atoms with E-state index < -0.39 is 0 Å². The first-order valence-corrected chi connectivity index (χ1v) is 7.50. The van der Waals surface area contributed by atoms with Gasteiger partial charge < -0.3 is 0 Å². The lowest BCUT2D eigenvalue weighted by Gasteiger charge is -2.39. The third kappa shape index (κ3) is 3.57. The molecule has 1 aromatic carbocycles. The summed E-state index contributed by atoms with van der Waals surface area (Å²) in [6.07, 6.45) is 4.60. The maximum atomic E-state index is 13.4. The quantitative estimate of drug-likeness (QED) is 0.730. The Hall–Kier alpha value is -0.880. The highest BCUT2D eigenvalue weighted by Crippen LogP contribution is 2.46. The van der Waals surface area contributed by atoms with Gasteiger partial charge in [-0.1, -0.05) is 29.8 Å². The van der Waals surface area contributed by atoms with Gasteiger partial charge in [-0.15, -0.1) is 0 Å². The zero-order valence-electron chi connectivity index (χ0n) is 11.5. The minimum Gasteiger partial charge on any atom is -0.207 e. The summed E-state index contributed by atoms with van der Waals surface area (Å²) in [5.74, 6) is -0.242. The Kier molecular flexibility index (Phi) is 4.01. The van der Waals surface area contributed by atoms with E-state index in [1.165, 1.54) is 6.07 Å². The molecule has 0 heterocycles. The second-order valence-corrected chi connectivity index (χ2v) is 7.43. The number of benzene rings is 1. The summed E-state index contributed by atoms with van der Waals surface area (Å²) < 4.78 is 14.2. The molecule has 102 valence electrons. The van der Waals surface area contributed by atoms with Crippen LogP contribution in [0.25, 0.3) is 0 Å². The summed E-state index contributed by atoms with van der Waals surface area (Å²) in [5, 5.41) is 9.56. The van der Waals surface area contributed by atoms with Crippen molar-refractivity contribution in [3.05, 3.63) is 34.1 Å². The molecule has 1 nitrogen and oxygen atoms in total. The molecule has 0 unspecified atom stereocenters. The molecule has 1 aliphatic carbocycles. The van der Waals surface area contributed by atoms with Gasteiger partial charge >= 0.3 is 0 Å². The summed E-state index contributed by atoms with van der Waals surface area (Å²) >= 11 is 3.31. The first kappa shape index (κ1) is 14.5. The minimum atomic E-state index is -0.317. The lowest BCUT2D eigenvalue weighted by Crippen LogP contribution is -2.31. The average Bonchev–Trinajstić information content (AvgIpc) is 2.31. The van der Waals surface area contributed by atoms with Gasteiger partial charge in [0.05, 0.1) is 11.5 Å². The second-order valence-electron chi connectivity index (χ2n) is 6.51. The van der Waals surface area contributed by atoms with E-state index in [4.69, 9.17) is 0 Å². The molecule has 1 fully saturated rings. The van der Waals surface area contributed by atoms with Gasteiger partial charge in [-0.25, -0.2) is 4.39 Å². The summed E-state index contributed by atoms with van der Waals surface area (Å²) in [6.45, 7) is 4.51. The Morgan fingerprint density at radius 1 is 1.21 bits per heavy atom. The van der Waals surface area contributed by atoms with E-state index in [1.54, 1.807) is 6.07 Å². The Morgan fingerprint density at radius 2 is 1.84 bits per heavy atom. The van der Waals surface area contributed by atoms with Crippen molar-refractivity contribution in [2.24, 2.45) is 10.8 Å². The molecule has 0 bridgehead atoms. The van der Waals surface area contributed by atoms with Crippen LogP contribution in [0.4, 0.5) is 4.39 Å². The first-order valence-electron chi connectivity index (χ1n) is 6.70. The monoisotopic (exact) mass is 323 g/mol. The lowest BCUT2D eigenvalue weighted by atomic mass is 9.64. The first-order chi connectivity index (χ1) is 8.84. The molecular weight excluding hydrogens is 305 g/mol. The van der Waals surface area contributed by atoms with Crippen molar-refractivity contribution in [3.63, 3.8) is 0 Å². The third-order valence-electron chi connectivity index (χ3n) is 4.26. The van der Waals surface area contributed by atoms with Crippen LogP contribution in [0.15, 0.2) is 22.7 Å². The van der Waals surface area contributed by atoms with E-state index in [-0.39, 0.29) is 11.2 Å². The van der Waals surface area contributed by atoms with Gasteiger partial charge in [0.2, 0.25) is 0 Å². The molecule has 0 aliphatic heterocycles. The van der Waals surface area contributed by atoms with E-state index in [9.17, 15) is 9.65 Å². The Morgan fingerprint density at radius 3 is 2.37 bits per heavy atom. The van der Waals surface area contributed by atoms with Gasteiger partial charge in [0, 0.05) is 4.47 Å². The molecule has 2 rings (SSSR count). The maximum Gasteiger partial charge on any atom is 0.124 e. The standard InChI is InChI=1S/C16H19BrFN/c1-15(2)3-5-16(11-19,6-4-15)10-12-7-13(17)9-14(18)8-12/h7-9H,3-6,10H2,1-2H3. The third-order valence-corrected chi connectivity index (χ3v) is 4.72. The van der Waals surface area contributed by atoms with E-state index in [0.29, 0.717) is 11.8 Å². The molecule has 1 aliphatic rings. The predicted octanol–water partition coefficient (Wildman–Crippen LogP) is 5.24. The molecule has 1 aromatic rings. The molecule has 0 aromatic heterocycles. The van der Waals surface area contributed by atoms with Gasteiger partial charge in [0.25, 0.3) is 0 Å². The highest BCUT2D eigenvalue weighted by Gasteiger charge is 2.38. The summed E-state index contributed by atoms with van der Waals surface area (Å²) in [5.41, 5.74) is 0.930. The molecule has 1 saturated carbocycles. The van der Waals surface area contributed by atoms with Crippen molar-refractivity contribution in [2.45, 2.75) is 46.0 Å². The van der Waals surface area contributed by atoms with Crippen LogP contribution in [0.3, 0.4) is 0 Å². The number of nitriles is 1. The summed E-state index contributed by atoms with van der Waals surface area (Å²) in [7, 11) is 0. The van der Waals surface area contributed by atoms with Crippen LogP contribution in [0, 0.1) is 28.0 Å². The molecule has 0 N–H and O–H groups in total. The number of hydrogen-bond donors (Lipinski definition) is 0. The fourth-order valence-corrected chi connectivity index (χ4v) is 3.35. The van der Waals surface area contributed by atoms with Crippen LogP contribution in [-0.2, 0) is 6.42 Å². The van der Waals surface area contributed by atoms with Crippen molar-refractivity contribution in [3.8, 4) is 6.07 Å². The van der Waals surface area contributed by atoms with Crippen LogP contribution in [-0.4, -0.2) is 0 Å². The molecule has 0 spiro atoms. The number of nitrogens with zero attached hydrogens (tertiary/aromatic N) is 1. The molecule has 19 heavy (non-hydrogen) atoms. The number of rotatable bonds is 2. The van der Waals surface area contributed by atoms with Crippen molar-refractivity contribution in [1.82, 2.24) is 0 Å². The zero-order valence-corrected chi connectivity index (χ0v) is 13.1. The van der Waals surface area contributed by atoms with Crippen LogP contribution in [0.1, 0.15) is 45.1 Å². The molecule has 3 heteroatoms. The Balaban J connectivity index is 2.18. The van der Waals surface area contributed by atoms with Crippen LogP contribution in [0.5, 0.6) is 0 Å². The lowest BCUT2D eigenvalue weighted by molar-refractivity contribution is 0.146. The molecular formula is C16H19BrFN. The maximum absolute atomic E-state index is 13.4. The van der Waals surface area contributed by atoms with Gasteiger partial charge in [0.15, 0.2) is 0 Å². The van der Waals surface area contributed by atoms with Crippen LogP contribution < -0.4 is 0 Å². The second kappa shape index (κ2) is 5.25. The average molecular weight is 324 g/mol. The minimum absolute atomic E-state index is 0.242. The zero-order chi connectivity index (χ0) is 14.1. The summed E-state index contributed by atoms with van der Waals surface area (Å²) in [4.78, 5) is 0. The fraction of sp³-hybridized carbons (Fsp3) is 0.562. The SMILES string of the molecule is CC1(C)CCC(C#N)(Cc2cc(F)cc(Br)c2)CC1. The molecule has 0 atom stereocenters. The van der Waals surface area contributed by atoms with E-state index in [1.807, 2.05) is 6.07 Å². The van der Waals surface area contributed by atoms with Crippen LogP contribution in [0.2, 0.25) is 0 Å². The largest absolute Gasteiger partial charge is 0.207 e. The van der Waals surface area contributed by atoms with Crippen molar-refractivity contribution >= 4 is 15.9 Å². The smallest absolute Gasteiger partial charge is 0.124 e. The fourth-order valence-electron chi connectivity index (χ4n) is 2.84. The van der Waals surface area contributed by atoms with Gasteiger partial charge in [-0.2, -0.15) is 5.26 Å². The normalized spacial score (nSPS) is 20.8.